The molecule has 22 heavy (non-hydrogen) atoms. The number of nitrogens with zero attached hydrogens (tertiary/aromatic N) is 1. The fourth-order valence-electron chi connectivity index (χ4n) is 2.30. The molecular formula is C16H12ClN3O2. The molecule has 2 amide bonds. The maximum atomic E-state index is 12.1. The molecular weight excluding hydrogens is 302 g/mol. The van der Waals surface area contributed by atoms with Gasteiger partial charge in [0, 0.05) is 16.1 Å². The molecule has 3 N–H and O–H groups in total. The Hall–Kier alpha value is -2.66. The Morgan fingerprint density at radius 1 is 1.18 bits per heavy atom. The van der Waals surface area contributed by atoms with Crippen LogP contribution in [0, 0.1) is 0 Å². The third kappa shape index (κ3) is 2.58. The monoisotopic (exact) mass is 313 g/mol. The van der Waals surface area contributed by atoms with E-state index in [1.165, 1.54) is 0 Å². The van der Waals surface area contributed by atoms with Crippen molar-refractivity contribution in [3.05, 3.63) is 64.7 Å². The van der Waals surface area contributed by atoms with E-state index in [0.717, 1.165) is 5.56 Å². The van der Waals surface area contributed by atoms with Crippen LogP contribution in [-0.4, -0.2) is 23.6 Å². The summed E-state index contributed by atoms with van der Waals surface area (Å²) in [5.41, 5.74) is 7.76. The number of aliphatic imine (C=N–C) groups is 1. The smallest absolute Gasteiger partial charge is 0.258 e. The first-order valence-electron chi connectivity index (χ1n) is 6.59. The average Bonchev–Trinajstić information content (AvgIpc) is 2.64. The molecule has 0 saturated carbocycles. The van der Waals surface area contributed by atoms with Crippen LogP contribution < -0.4 is 11.1 Å². The van der Waals surface area contributed by atoms with Crippen molar-refractivity contribution in [1.29, 1.82) is 0 Å². The second-order valence-corrected chi connectivity index (χ2v) is 5.26. The highest BCUT2D eigenvalue weighted by Gasteiger charge is 2.29. The molecule has 1 aliphatic rings. The van der Waals surface area contributed by atoms with Gasteiger partial charge in [-0.1, -0.05) is 41.9 Å². The molecule has 3 rings (SSSR count). The van der Waals surface area contributed by atoms with Gasteiger partial charge >= 0.3 is 0 Å². The zero-order valence-corrected chi connectivity index (χ0v) is 12.2. The molecule has 6 heteroatoms. The quantitative estimate of drug-likeness (QED) is 0.831. The Bertz CT molecular complexity index is 787. The molecule has 0 saturated heterocycles. The summed E-state index contributed by atoms with van der Waals surface area (Å²) in [6, 6.07) is 13.0. The molecule has 0 fully saturated rings. The van der Waals surface area contributed by atoms with Gasteiger partial charge in [0.2, 0.25) is 6.04 Å². The molecule has 1 aliphatic heterocycles. The third-order valence-electron chi connectivity index (χ3n) is 3.32. The summed E-state index contributed by atoms with van der Waals surface area (Å²) in [7, 11) is 0. The van der Waals surface area contributed by atoms with E-state index in [9.17, 15) is 9.59 Å². The van der Waals surface area contributed by atoms with Crippen LogP contribution in [0.1, 0.15) is 11.1 Å². The van der Waals surface area contributed by atoms with E-state index in [0.29, 0.717) is 22.0 Å². The number of amides is 2. The van der Waals surface area contributed by atoms with Crippen molar-refractivity contribution in [2.75, 3.05) is 5.32 Å². The van der Waals surface area contributed by atoms with Gasteiger partial charge in [0.25, 0.3) is 11.8 Å². The number of primary amides is 1. The van der Waals surface area contributed by atoms with Gasteiger partial charge in [-0.2, -0.15) is 0 Å². The number of hydrogen-bond acceptors (Lipinski definition) is 3. The van der Waals surface area contributed by atoms with Crippen LogP contribution in [0.2, 0.25) is 5.02 Å². The van der Waals surface area contributed by atoms with E-state index in [1.54, 1.807) is 18.2 Å². The highest BCUT2D eigenvalue weighted by atomic mass is 35.5. The number of halogens is 1. The first-order chi connectivity index (χ1) is 10.6. The van der Waals surface area contributed by atoms with Gasteiger partial charge in [-0.3, -0.25) is 14.6 Å². The highest BCUT2D eigenvalue weighted by molar-refractivity contribution is 6.32. The van der Waals surface area contributed by atoms with E-state index < -0.39 is 17.9 Å². The minimum atomic E-state index is -1.28. The number of benzodiazepines with no additional fused rings is 1. The van der Waals surface area contributed by atoms with Crippen molar-refractivity contribution >= 4 is 34.8 Å². The Balaban J connectivity index is 2.25. The summed E-state index contributed by atoms with van der Waals surface area (Å²) in [6.07, 6.45) is 0. The van der Waals surface area contributed by atoms with E-state index in [1.807, 2.05) is 30.3 Å². The Kier molecular flexibility index (Phi) is 3.65. The van der Waals surface area contributed by atoms with Gasteiger partial charge in [0.15, 0.2) is 0 Å². The van der Waals surface area contributed by atoms with E-state index in [-0.39, 0.29) is 0 Å². The summed E-state index contributed by atoms with van der Waals surface area (Å²) in [5.74, 6) is -1.35. The van der Waals surface area contributed by atoms with Crippen molar-refractivity contribution in [3.63, 3.8) is 0 Å². The first kappa shape index (κ1) is 14.3. The fourth-order valence-corrected chi connectivity index (χ4v) is 2.47. The van der Waals surface area contributed by atoms with E-state index >= 15 is 0 Å². The number of rotatable bonds is 2. The van der Waals surface area contributed by atoms with Crippen molar-refractivity contribution < 1.29 is 9.59 Å². The number of carbonyl (C=O) groups excluding carboxylic acids is 2. The number of hydrogen-bond donors (Lipinski definition) is 2. The topological polar surface area (TPSA) is 84.6 Å². The molecule has 0 radical (unpaired) electrons. The van der Waals surface area contributed by atoms with Crippen molar-refractivity contribution in [1.82, 2.24) is 0 Å². The first-order valence-corrected chi connectivity index (χ1v) is 6.97. The molecule has 1 atom stereocenters. The molecule has 0 aliphatic carbocycles. The number of fused-ring (bicyclic) bond motifs is 1. The molecule has 5 nitrogen and oxygen atoms in total. The lowest BCUT2D eigenvalue weighted by atomic mass is 10.0. The van der Waals surface area contributed by atoms with Gasteiger partial charge in [-0.05, 0) is 18.2 Å². The Morgan fingerprint density at radius 3 is 2.59 bits per heavy atom. The number of nitrogens with two attached hydrogens (primary N) is 1. The molecule has 0 spiro atoms. The van der Waals surface area contributed by atoms with Crippen LogP contribution in [0.4, 0.5) is 5.69 Å². The van der Waals surface area contributed by atoms with Gasteiger partial charge in [-0.15, -0.1) is 0 Å². The predicted molar refractivity (Wildman–Crippen MR) is 85.1 cm³/mol. The number of anilines is 1. The lowest BCUT2D eigenvalue weighted by Gasteiger charge is -2.10. The SMILES string of the molecule is NC(=O)C1N=C(c2ccccc2)c2cc(Cl)ccc2NC1=O. The largest absolute Gasteiger partial charge is 0.367 e. The summed E-state index contributed by atoms with van der Waals surface area (Å²) in [6.45, 7) is 0. The minimum Gasteiger partial charge on any atom is -0.367 e. The molecule has 2 aromatic carbocycles. The normalized spacial score (nSPS) is 17.0. The van der Waals surface area contributed by atoms with Crippen molar-refractivity contribution in [2.24, 2.45) is 10.7 Å². The number of benzene rings is 2. The third-order valence-corrected chi connectivity index (χ3v) is 3.55. The van der Waals surface area contributed by atoms with E-state index in [4.69, 9.17) is 17.3 Å². The summed E-state index contributed by atoms with van der Waals surface area (Å²) < 4.78 is 0. The second-order valence-electron chi connectivity index (χ2n) is 4.83. The lowest BCUT2D eigenvalue weighted by molar-refractivity contribution is -0.126. The minimum absolute atomic E-state index is 0.500. The molecule has 0 aromatic heterocycles. The van der Waals surface area contributed by atoms with Crippen LogP contribution in [0.25, 0.3) is 0 Å². The highest BCUT2D eigenvalue weighted by Crippen LogP contribution is 2.27. The van der Waals surface area contributed by atoms with E-state index in [2.05, 4.69) is 10.3 Å². The predicted octanol–water partition coefficient (Wildman–Crippen LogP) is 1.98. The standard InChI is InChI=1S/C16H12ClN3O2/c17-10-6-7-12-11(8-10)13(9-4-2-1-3-5-9)20-14(15(18)21)16(22)19-12/h1-8,14H,(H2,18,21)(H,19,22). The molecule has 0 bridgehead atoms. The van der Waals surface area contributed by atoms with Gasteiger partial charge < -0.3 is 11.1 Å². The zero-order valence-electron chi connectivity index (χ0n) is 11.4. The number of carbonyl (C=O) groups is 2. The van der Waals surface area contributed by atoms with Crippen LogP contribution in [-0.2, 0) is 9.59 Å². The fraction of sp³-hybridized carbons (Fsp3) is 0.0625. The molecule has 1 unspecified atom stereocenters. The molecule has 110 valence electrons. The average molecular weight is 314 g/mol. The maximum absolute atomic E-state index is 12.1. The van der Waals surface area contributed by atoms with Crippen molar-refractivity contribution in [2.45, 2.75) is 6.04 Å². The second kappa shape index (κ2) is 5.61. The van der Waals surface area contributed by atoms with Crippen LogP contribution in [0.5, 0.6) is 0 Å². The molecule has 2 aromatic rings. The Morgan fingerprint density at radius 2 is 1.91 bits per heavy atom. The van der Waals surface area contributed by atoms with Gasteiger partial charge in [0.05, 0.1) is 11.4 Å². The van der Waals surface area contributed by atoms with Crippen molar-refractivity contribution in [3.8, 4) is 0 Å². The van der Waals surface area contributed by atoms with Crippen LogP contribution >= 0.6 is 11.6 Å². The van der Waals surface area contributed by atoms with Gasteiger partial charge in [0.1, 0.15) is 0 Å². The maximum Gasteiger partial charge on any atom is 0.258 e. The summed E-state index contributed by atoms with van der Waals surface area (Å²) in [5, 5.41) is 3.18. The summed E-state index contributed by atoms with van der Waals surface area (Å²) >= 11 is 6.06. The number of nitrogens with one attached hydrogen (secondary N) is 1. The molecule has 1 heterocycles. The zero-order chi connectivity index (χ0) is 15.7. The lowest BCUT2D eigenvalue weighted by Crippen LogP contribution is -2.37. The summed E-state index contributed by atoms with van der Waals surface area (Å²) in [4.78, 5) is 27.9. The van der Waals surface area contributed by atoms with Gasteiger partial charge in [-0.25, -0.2) is 0 Å². The van der Waals surface area contributed by atoms with Crippen LogP contribution in [0.15, 0.2) is 53.5 Å². The van der Waals surface area contributed by atoms with Crippen LogP contribution in [0.3, 0.4) is 0 Å². The Labute approximate surface area is 131 Å².